The first kappa shape index (κ1) is 12.8. The lowest BCUT2D eigenvalue weighted by Gasteiger charge is -2.22. The fourth-order valence-electron chi connectivity index (χ4n) is 2.14. The standard InChI is InChI=1S/C13H17IN2O/c14-11-4-1-5-12(8-11)16-13(17)7-10-3-2-6-15-9-10/h1,4-5,8,10,15H,2-3,6-7,9H2,(H,16,17). The first-order valence-electron chi connectivity index (χ1n) is 6.00. The van der Waals surface area contributed by atoms with Crippen LogP contribution in [0.5, 0.6) is 0 Å². The summed E-state index contributed by atoms with van der Waals surface area (Å²) in [6, 6.07) is 7.89. The molecule has 92 valence electrons. The first-order valence-corrected chi connectivity index (χ1v) is 7.08. The van der Waals surface area contributed by atoms with Gasteiger partial charge in [0.15, 0.2) is 0 Å². The summed E-state index contributed by atoms with van der Waals surface area (Å²) in [5.74, 6) is 0.618. The Morgan fingerprint density at radius 2 is 2.41 bits per heavy atom. The van der Waals surface area contributed by atoms with Crippen molar-refractivity contribution in [3.63, 3.8) is 0 Å². The van der Waals surface area contributed by atoms with E-state index < -0.39 is 0 Å². The molecular formula is C13H17IN2O. The number of carbonyl (C=O) groups is 1. The van der Waals surface area contributed by atoms with Gasteiger partial charge in [-0.05, 0) is 72.6 Å². The zero-order chi connectivity index (χ0) is 12.1. The number of rotatable bonds is 3. The summed E-state index contributed by atoms with van der Waals surface area (Å²) in [4.78, 5) is 11.9. The maximum Gasteiger partial charge on any atom is 0.224 e. The van der Waals surface area contributed by atoms with E-state index in [0.717, 1.165) is 28.8 Å². The van der Waals surface area contributed by atoms with Crippen molar-refractivity contribution in [3.05, 3.63) is 27.8 Å². The van der Waals surface area contributed by atoms with Crippen LogP contribution in [0.2, 0.25) is 0 Å². The van der Waals surface area contributed by atoms with Crippen molar-refractivity contribution in [3.8, 4) is 0 Å². The average Bonchev–Trinajstić information content (AvgIpc) is 2.30. The second-order valence-corrected chi connectivity index (χ2v) is 5.72. The van der Waals surface area contributed by atoms with Crippen molar-refractivity contribution in [2.45, 2.75) is 19.3 Å². The monoisotopic (exact) mass is 344 g/mol. The van der Waals surface area contributed by atoms with E-state index in [9.17, 15) is 4.79 Å². The van der Waals surface area contributed by atoms with Crippen LogP contribution in [0.15, 0.2) is 24.3 Å². The van der Waals surface area contributed by atoms with Gasteiger partial charge in [-0.3, -0.25) is 4.79 Å². The van der Waals surface area contributed by atoms with Gasteiger partial charge in [-0.1, -0.05) is 6.07 Å². The fraction of sp³-hybridized carbons (Fsp3) is 0.462. The summed E-state index contributed by atoms with van der Waals surface area (Å²) in [7, 11) is 0. The van der Waals surface area contributed by atoms with Crippen LogP contribution in [0.25, 0.3) is 0 Å². The second-order valence-electron chi connectivity index (χ2n) is 4.48. The van der Waals surface area contributed by atoms with Gasteiger partial charge in [0, 0.05) is 15.7 Å². The Morgan fingerprint density at radius 1 is 1.53 bits per heavy atom. The predicted octanol–water partition coefficient (Wildman–Crippen LogP) is 2.62. The highest BCUT2D eigenvalue weighted by atomic mass is 127. The minimum absolute atomic E-state index is 0.126. The number of benzene rings is 1. The van der Waals surface area contributed by atoms with Crippen LogP contribution in [-0.2, 0) is 4.79 Å². The molecule has 2 rings (SSSR count). The van der Waals surface area contributed by atoms with Crippen molar-refractivity contribution < 1.29 is 4.79 Å². The number of halogens is 1. The number of amides is 1. The fourth-order valence-corrected chi connectivity index (χ4v) is 2.68. The summed E-state index contributed by atoms with van der Waals surface area (Å²) >= 11 is 2.25. The molecule has 0 spiro atoms. The highest BCUT2D eigenvalue weighted by molar-refractivity contribution is 14.1. The molecule has 1 aromatic rings. The lowest BCUT2D eigenvalue weighted by atomic mass is 9.96. The van der Waals surface area contributed by atoms with Gasteiger partial charge in [0.05, 0.1) is 0 Å². The van der Waals surface area contributed by atoms with E-state index in [-0.39, 0.29) is 5.91 Å². The zero-order valence-corrected chi connectivity index (χ0v) is 11.9. The molecule has 0 saturated carbocycles. The molecule has 1 aliphatic heterocycles. The Morgan fingerprint density at radius 3 is 3.12 bits per heavy atom. The first-order chi connectivity index (χ1) is 8.24. The smallest absolute Gasteiger partial charge is 0.224 e. The van der Waals surface area contributed by atoms with Crippen molar-refractivity contribution in [1.29, 1.82) is 0 Å². The second kappa shape index (κ2) is 6.35. The zero-order valence-electron chi connectivity index (χ0n) is 9.71. The Balaban J connectivity index is 1.84. The van der Waals surface area contributed by atoms with E-state index in [0.29, 0.717) is 12.3 Å². The summed E-state index contributed by atoms with van der Waals surface area (Å²) in [6.45, 7) is 2.06. The molecule has 4 heteroatoms. The number of carbonyl (C=O) groups excluding carboxylic acids is 1. The van der Waals surface area contributed by atoms with Gasteiger partial charge >= 0.3 is 0 Å². The van der Waals surface area contributed by atoms with Gasteiger partial charge in [-0.2, -0.15) is 0 Å². The van der Waals surface area contributed by atoms with E-state index in [1.807, 2.05) is 24.3 Å². The molecular weight excluding hydrogens is 327 g/mol. The van der Waals surface area contributed by atoms with Gasteiger partial charge in [0.1, 0.15) is 0 Å². The van der Waals surface area contributed by atoms with E-state index in [2.05, 4.69) is 33.2 Å². The van der Waals surface area contributed by atoms with Gasteiger partial charge in [0.25, 0.3) is 0 Å². The van der Waals surface area contributed by atoms with Crippen LogP contribution in [0, 0.1) is 9.49 Å². The van der Waals surface area contributed by atoms with Crippen LogP contribution in [0.3, 0.4) is 0 Å². The number of hydrogen-bond acceptors (Lipinski definition) is 2. The van der Waals surface area contributed by atoms with Gasteiger partial charge in [-0.15, -0.1) is 0 Å². The Hall–Kier alpha value is -0.620. The highest BCUT2D eigenvalue weighted by Crippen LogP contribution is 2.16. The minimum atomic E-state index is 0.126. The molecule has 1 atom stereocenters. The highest BCUT2D eigenvalue weighted by Gasteiger charge is 2.16. The van der Waals surface area contributed by atoms with Crippen LogP contribution in [0.1, 0.15) is 19.3 Å². The molecule has 2 N–H and O–H groups in total. The molecule has 3 nitrogen and oxygen atoms in total. The molecule has 0 aliphatic carbocycles. The molecule has 1 saturated heterocycles. The molecule has 1 aliphatic rings. The SMILES string of the molecule is O=C(CC1CCCNC1)Nc1cccc(I)c1. The number of hydrogen-bond donors (Lipinski definition) is 2. The van der Waals surface area contributed by atoms with Crippen LogP contribution < -0.4 is 10.6 Å². The van der Waals surface area contributed by atoms with Gasteiger partial charge in [0.2, 0.25) is 5.91 Å². The van der Waals surface area contributed by atoms with Crippen molar-refractivity contribution in [1.82, 2.24) is 5.32 Å². The lowest BCUT2D eigenvalue weighted by molar-refractivity contribution is -0.117. The van der Waals surface area contributed by atoms with E-state index in [4.69, 9.17) is 0 Å². The largest absolute Gasteiger partial charge is 0.326 e. The molecule has 0 radical (unpaired) electrons. The average molecular weight is 344 g/mol. The summed E-state index contributed by atoms with van der Waals surface area (Å²) < 4.78 is 1.14. The van der Waals surface area contributed by atoms with Crippen LogP contribution >= 0.6 is 22.6 Å². The van der Waals surface area contributed by atoms with Crippen molar-refractivity contribution >= 4 is 34.2 Å². The molecule has 1 heterocycles. The topological polar surface area (TPSA) is 41.1 Å². The Kier molecular flexibility index (Phi) is 4.79. The molecule has 1 unspecified atom stereocenters. The summed E-state index contributed by atoms with van der Waals surface area (Å²) in [5, 5.41) is 6.29. The van der Waals surface area contributed by atoms with E-state index in [1.54, 1.807) is 0 Å². The molecule has 0 bridgehead atoms. The van der Waals surface area contributed by atoms with E-state index >= 15 is 0 Å². The molecule has 0 aromatic heterocycles. The third kappa shape index (κ3) is 4.27. The molecule has 1 fully saturated rings. The molecule has 1 aromatic carbocycles. The number of nitrogens with one attached hydrogen (secondary N) is 2. The normalized spacial score (nSPS) is 19.9. The van der Waals surface area contributed by atoms with Crippen molar-refractivity contribution in [2.24, 2.45) is 5.92 Å². The van der Waals surface area contributed by atoms with Gasteiger partial charge < -0.3 is 10.6 Å². The minimum Gasteiger partial charge on any atom is -0.326 e. The Bertz CT molecular complexity index is 389. The maximum atomic E-state index is 11.9. The summed E-state index contributed by atoms with van der Waals surface area (Å²) in [6.07, 6.45) is 2.96. The molecule has 1 amide bonds. The van der Waals surface area contributed by atoms with Crippen molar-refractivity contribution in [2.75, 3.05) is 18.4 Å². The molecule has 17 heavy (non-hydrogen) atoms. The van der Waals surface area contributed by atoms with Crippen LogP contribution in [-0.4, -0.2) is 19.0 Å². The predicted molar refractivity (Wildman–Crippen MR) is 78.0 cm³/mol. The maximum absolute atomic E-state index is 11.9. The number of anilines is 1. The van der Waals surface area contributed by atoms with Gasteiger partial charge in [-0.25, -0.2) is 0 Å². The third-order valence-corrected chi connectivity index (χ3v) is 3.65. The lowest BCUT2D eigenvalue weighted by Crippen LogP contribution is -2.32. The van der Waals surface area contributed by atoms with E-state index in [1.165, 1.54) is 6.42 Å². The van der Waals surface area contributed by atoms with Crippen LogP contribution in [0.4, 0.5) is 5.69 Å². The summed E-state index contributed by atoms with van der Waals surface area (Å²) in [5.41, 5.74) is 0.894. The third-order valence-electron chi connectivity index (χ3n) is 2.98. The quantitative estimate of drug-likeness (QED) is 0.828. The number of piperidine rings is 1. The Labute approximate surface area is 116 Å².